The van der Waals surface area contributed by atoms with Crippen molar-refractivity contribution in [3.63, 3.8) is 0 Å². The van der Waals surface area contributed by atoms with Gasteiger partial charge in [0.25, 0.3) is 0 Å². The summed E-state index contributed by atoms with van der Waals surface area (Å²) in [5.74, 6) is 0. The topological polar surface area (TPSA) is 3.24 Å². The third-order valence-electron chi connectivity index (χ3n) is 11.7. The van der Waals surface area contributed by atoms with E-state index in [9.17, 15) is 0 Å². The molecule has 11 rings (SSSR count). The van der Waals surface area contributed by atoms with Gasteiger partial charge < -0.3 is 4.90 Å². The number of rotatable bonds is 5. The van der Waals surface area contributed by atoms with E-state index in [0.717, 1.165) is 11.4 Å². The summed E-state index contributed by atoms with van der Waals surface area (Å²) in [5.41, 5.74) is 18.6. The van der Waals surface area contributed by atoms with Crippen molar-refractivity contribution in [3.05, 3.63) is 235 Å². The highest BCUT2D eigenvalue weighted by atomic mass is 15.1. The molecule has 54 heavy (non-hydrogen) atoms. The van der Waals surface area contributed by atoms with Gasteiger partial charge in [-0.25, -0.2) is 0 Å². The van der Waals surface area contributed by atoms with Crippen molar-refractivity contribution < 1.29 is 0 Å². The average Bonchev–Trinajstić information content (AvgIpc) is 3.72. The predicted molar refractivity (Wildman–Crippen MR) is 226 cm³/mol. The molecule has 1 spiro atoms. The fourth-order valence-corrected chi connectivity index (χ4v) is 9.54. The summed E-state index contributed by atoms with van der Waals surface area (Å²) in [5, 5.41) is 2.52. The first-order valence-electron chi connectivity index (χ1n) is 18.8. The molecule has 0 radical (unpaired) electrons. The van der Waals surface area contributed by atoms with Gasteiger partial charge in [-0.2, -0.15) is 0 Å². The summed E-state index contributed by atoms with van der Waals surface area (Å²) < 4.78 is 0. The standard InChI is InChI=1S/C53H35N/c1-3-16-36(17-4-1)40-23-13-26-43-41(24-14-25-42(40)43)37-32-34-39(35-33-37)54(38-18-5-2-6-19-38)51-31-15-30-50-52(51)46-22-9-12-29-49(46)53(50)47-27-10-7-20-44(47)45-21-8-11-28-48(45)53/h1-35H. The lowest BCUT2D eigenvalue weighted by Gasteiger charge is -2.31. The molecule has 9 aromatic rings. The minimum Gasteiger partial charge on any atom is -0.310 e. The molecule has 0 atom stereocenters. The van der Waals surface area contributed by atoms with Gasteiger partial charge in [0.1, 0.15) is 0 Å². The third kappa shape index (κ3) is 4.33. The molecule has 2 aliphatic carbocycles. The molecule has 0 saturated carbocycles. The minimum absolute atomic E-state index is 0.395. The lowest BCUT2D eigenvalue weighted by atomic mass is 9.70. The van der Waals surface area contributed by atoms with Crippen molar-refractivity contribution in [1.29, 1.82) is 0 Å². The zero-order valence-electron chi connectivity index (χ0n) is 29.7. The molecule has 0 N–H and O–H groups in total. The summed E-state index contributed by atoms with van der Waals surface area (Å²) in [6, 6.07) is 78.1. The lowest BCUT2D eigenvalue weighted by Crippen LogP contribution is -2.26. The van der Waals surface area contributed by atoms with Crippen molar-refractivity contribution in [2.75, 3.05) is 4.90 Å². The largest absolute Gasteiger partial charge is 0.310 e. The van der Waals surface area contributed by atoms with Crippen LogP contribution >= 0.6 is 0 Å². The zero-order chi connectivity index (χ0) is 35.6. The first-order valence-corrected chi connectivity index (χ1v) is 18.8. The van der Waals surface area contributed by atoms with E-state index < -0.39 is 5.41 Å². The number of para-hydroxylation sites is 1. The summed E-state index contributed by atoms with van der Waals surface area (Å²) in [6.07, 6.45) is 0. The molecule has 0 saturated heterocycles. The van der Waals surface area contributed by atoms with Crippen LogP contribution in [0.2, 0.25) is 0 Å². The van der Waals surface area contributed by atoms with Gasteiger partial charge in [0.15, 0.2) is 0 Å². The van der Waals surface area contributed by atoms with Gasteiger partial charge in [-0.05, 0) is 102 Å². The Bertz CT molecular complexity index is 2820. The normalized spacial score (nSPS) is 13.0. The Morgan fingerprint density at radius 1 is 0.278 bits per heavy atom. The Hall–Kier alpha value is -6.96. The van der Waals surface area contributed by atoms with Crippen LogP contribution in [0.1, 0.15) is 22.3 Å². The molecule has 0 aromatic heterocycles. The molecule has 2 aliphatic rings. The second-order valence-corrected chi connectivity index (χ2v) is 14.4. The molecule has 0 amide bonds. The SMILES string of the molecule is c1ccc(-c2cccc3c(-c4ccc(N(c5ccccc5)c5cccc6c5-c5ccccc5C65c6ccccc6-c6ccccc65)cc4)cccc23)cc1. The molecule has 0 fully saturated rings. The molecule has 1 heteroatoms. The van der Waals surface area contributed by atoms with Crippen LogP contribution in [0.4, 0.5) is 17.1 Å². The maximum Gasteiger partial charge on any atom is 0.0726 e. The molecular weight excluding hydrogens is 651 g/mol. The van der Waals surface area contributed by atoms with Crippen molar-refractivity contribution >= 4 is 27.8 Å². The molecule has 0 bridgehead atoms. The second-order valence-electron chi connectivity index (χ2n) is 14.4. The monoisotopic (exact) mass is 685 g/mol. The highest BCUT2D eigenvalue weighted by Gasteiger charge is 2.52. The van der Waals surface area contributed by atoms with Crippen LogP contribution in [-0.2, 0) is 5.41 Å². The number of fused-ring (bicyclic) bond motifs is 11. The Morgan fingerprint density at radius 2 is 0.704 bits per heavy atom. The molecule has 1 nitrogen and oxygen atoms in total. The maximum absolute atomic E-state index is 2.45. The number of anilines is 3. The van der Waals surface area contributed by atoms with E-state index in [1.807, 2.05) is 0 Å². The van der Waals surface area contributed by atoms with Crippen LogP contribution in [0.25, 0.3) is 55.3 Å². The van der Waals surface area contributed by atoms with Gasteiger partial charge in [0, 0.05) is 16.9 Å². The quantitative estimate of drug-likeness (QED) is 0.174. The molecule has 0 unspecified atom stereocenters. The number of benzene rings is 9. The fourth-order valence-electron chi connectivity index (χ4n) is 9.54. The fraction of sp³-hybridized carbons (Fsp3) is 0.0189. The molecule has 252 valence electrons. The van der Waals surface area contributed by atoms with Crippen LogP contribution in [0.15, 0.2) is 212 Å². The predicted octanol–water partition coefficient (Wildman–Crippen LogP) is 14.0. The Kier molecular flexibility index (Phi) is 6.84. The Balaban J connectivity index is 1.10. The Labute approximate surface area is 316 Å². The van der Waals surface area contributed by atoms with E-state index in [-0.39, 0.29) is 0 Å². The highest BCUT2D eigenvalue weighted by Crippen LogP contribution is 2.64. The highest BCUT2D eigenvalue weighted by molar-refractivity contribution is 6.05. The first kappa shape index (κ1) is 30.6. The van der Waals surface area contributed by atoms with Crippen LogP contribution in [0.3, 0.4) is 0 Å². The van der Waals surface area contributed by atoms with Crippen molar-refractivity contribution in [2.45, 2.75) is 5.41 Å². The number of hydrogen-bond acceptors (Lipinski definition) is 1. The van der Waals surface area contributed by atoms with Crippen LogP contribution in [0.5, 0.6) is 0 Å². The van der Waals surface area contributed by atoms with Gasteiger partial charge in [-0.3, -0.25) is 0 Å². The number of hydrogen-bond donors (Lipinski definition) is 0. The smallest absolute Gasteiger partial charge is 0.0726 e. The van der Waals surface area contributed by atoms with Crippen molar-refractivity contribution in [3.8, 4) is 44.5 Å². The number of nitrogens with zero attached hydrogens (tertiary/aromatic N) is 1. The minimum atomic E-state index is -0.395. The van der Waals surface area contributed by atoms with E-state index >= 15 is 0 Å². The molecule has 0 heterocycles. The summed E-state index contributed by atoms with van der Waals surface area (Å²) in [6.45, 7) is 0. The van der Waals surface area contributed by atoms with E-state index in [0.29, 0.717) is 0 Å². The summed E-state index contributed by atoms with van der Waals surface area (Å²) in [7, 11) is 0. The summed E-state index contributed by atoms with van der Waals surface area (Å²) in [4.78, 5) is 2.45. The maximum atomic E-state index is 2.45. The lowest BCUT2D eigenvalue weighted by molar-refractivity contribution is 0.794. The summed E-state index contributed by atoms with van der Waals surface area (Å²) >= 11 is 0. The van der Waals surface area contributed by atoms with E-state index in [1.54, 1.807) is 0 Å². The van der Waals surface area contributed by atoms with Crippen LogP contribution < -0.4 is 4.90 Å². The van der Waals surface area contributed by atoms with Crippen molar-refractivity contribution in [2.24, 2.45) is 0 Å². The molecular formula is C53H35N. The van der Waals surface area contributed by atoms with Crippen LogP contribution in [0, 0.1) is 0 Å². The van der Waals surface area contributed by atoms with Crippen LogP contribution in [-0.4, -0.2) is 0 Å². The Morgan fingerprint density at radius 3 is 1.31 bits per heavy atom. The first-order chi connectivity index (χ1) is 26.8. The second kappa shape index (κ2) is 12.0. The van der Waals surface area contributed by atoms with Gasteiger partial charge in [-0.1, -0.05) is 182 Å². The molecule has 9 aromatic carbocycles. The van der Waals surface area contributed by atoms with E-state index in [1.165, 1.54) is 83.2 Å². The van der Waals surface area contributed by atoms with Gasteiger partial charge in [0.05, 0.1) is 11.1 Å². The van der Waals surface area contributed by atoms with E-state index in [2.05, 4.69) is 217 Å². The van der Waals surface area contributed by atoms with Gasteiger partial charge >= 0.3 is 0 Å². The van der Waals surface area contributed by atoms with E-state index in [4.69, 9.17) is 0 Å². The van der Waals surface area contributed by atoms with Gasteiger partial charge in [-0.15, -0.1) is 0 Å². The van der Waals surface area contributed by atoms with Gasteiger partial charge in [0.2, 0.25) is 0 Å². The third-order valence-corrected chi connectivity index (χ3v) is 11.7. The molecule has 0 aliphatic heterocycles. The zero-order valence-corrected chi connectivity index (χ0v) is 29.7. The average molecular weight is 686 g/mol. The van der Waals surface area contributed by atoms with Crippen molar-refractivity contribution in [1.82, 2.24) is 0 Å².